The van der Waals surface area contributed by atoms with Gasteiger partial charge in [0, 0.05) is 11.6 Å². The van der Waals surface area contributed by atoms with Crippen LogP contribution in [0.5, 0.6) is 5.75 Å². The molecule has 0 saturated carbocycles. The second kappa shape index (κ2) is 5.68. The van der Waals surface area contributed by atoms with Gasteiger partial charge in [0.15, 0.2) is 0 Å². The third kappa shape index (κ3) is 2.97. The van der Waals surface area contributed by atoms with Crippen molar-refractivity contribution in [2.75, 3.05) is 13.1 Å². The summed E-state index contributed by atoms with van der Waals surface area (Å²) in [5, 5.41) is 18.7. The third-order valence-corrected chi connectivity index (χ3v) is 3.08. The Labute approximate surface area is 101 Å². The number of aromatic carboxylic acids is 1. The molecule has 0 heterocycles. The molecule has 1 atom stereocenters. The lowest BCUT2D eigenvalue weighted by atomic mass is 10.0. The molecule has 4 nitrogen and oxygen atoms in total. The van der Waals surface area contributed by atoms with Crippen molar-refractivity contribution in [3.63, 3.8) is 0 Å². The van der Waals surface area contributed by atoms with Crippen molar-refractivity contribution >= 4 is 5.97 Å². The van der Waals surface area contributed by atoms with Crippen LogP contribution in [-0.4, -0.2) is 34.2 Å². The number of carboxylic acids is 1. The minimum atomic E-state index is -0.974. The van der Waals surface area contributed by atoms with Crippen LogP contribution in [-0.2, 0) is 0 Å². The predicted molar refractivity (Wildman–Crippen MR) is 66.4 cm³/mol. The molecule has 1 aromatic rings. The molecule has 0 saturated heterocycles. The number of phenols is 1. The van der Waals surface area contributed by atoms with E-state index in [0.29, 0.717) is 5.56 Å². The molecule has 0 aliphatic heterocycles. The summed E-state index contributed by atoms with van der Waals surface area (Å²) in [7, 11) is 0. The van der Waals surface area contributed by atoms with E-state index in [9.17, 15) is 9.90 Å². The van der Waals surface area contributed by atoms with Gasteiger partial charge in [-0.1, -0.05) is 13.8 Å². The highest BCUT2D eigenvalue weighted by Gasteiger charge is 2.17. The van der Waals surface area contributed by atoms with Gasteiger partial charge >= 0.3 is 5.97 Å². The molecule has 0 bridgehead atoms. The molecule has 2 N–H and O–H groups in total. The smallest absolute Gasteiger partial charge is 0.335 e. The number of hydrogen-bond donors (Lipinski definition) is 2. The van der Waals surface area contributed by atoms with E-state index in [1.807, 2.05) is 20.8 Å². The van der Waals surface area contributed by atoms with Gasteiger partial charge in [-0.15, -0.1) is 0 Å². The first-order valence-corrected chi connectivity index (χ1v) is 5.81. The van der Waals surface area contributed by atoms with Crippen LogP contribution in [0.3, 0.4) is 0 Å². The Morgan fingerprint density at radius 3 is 2.41 bits per heavy atom. The first kappa shape index (κ1) is 13.5. The van der Waals surface area contributed by atoms with Crippen molar-refractivity contribution in [2.45, 2.75) is 26.8 Å². The van der Waals surface area contributed by atoms with Crippen LogP contribution < -0.4 is 0 Å². The lowest BCUT2D eigenvalue weighted by Crippen LogP contribution is -2.26. The van der Waals surface area contributed by atoms with Gasteiger partial charge in [0.2, 0.25) is 0 Å². The highest BCUT2D eigenvalue weighted by atomic mass is 16.4. The Hall–Kier alpha value is -1.55. The Bertz CT molecular complexity index is 400. The van der Waals surface area contributed by atoms with Gasteiger partial charge in [-0.2, -0.15) is 0 Å². The molecule has 4 heteroatoms. The van der Waals surface area contributed by atoms with Crippen LogP contribution in [0, 0.1) is 0 Å². The monoisotopic (exact) mass is 237 g/mol. The lowest BCUT2D eigenvalue weighted by molar-refractivity contribution is 0.0696. The number of aromatic hydroxyl groups is 1. The molecule has 1 aromatic carbocycles. The largest absolute Gasteiger partial charge is 0.508 e. The van der Waals surface area contributed by atoms with Crippen LogP contribution in [0.4, 0.5) is 0 Å². The summed E-state index contributed by atoms with van der Waals surface area (Å²) in [6, 6.07) is 4.40. The van der Waals surface area contributed by atoms with Gasteiger partial charge in [0.25, 0.3) is 0 Å². The topological polar surface area (TPSA) is 60.8 Å². The van der Waals surface area contributed by atoms with Gasteiger partial charge in [0.1, 0.15) is 5.75 Å². The second-order valence-electron chi connectivity index (χ2n) is 3.98. The van der Waals surface area contributed by atoms with Gasteiger partial charge < -0.3 is 10.2 Å². The highest BCUT2D eigenvalue weighted by molar-refractivity contribution is 5.88. The SMILES string of the molecule is CCN(CC)C(C)c1cc(C(=O)O)ccc1O. The highest BCUT2D eigenvalue weighted by Crippen LogP contribution is 2.29. The van der Waals surface area contributed by atoms with Gasteiger partial charge in [-0.25, -0.2) is 4.79 Å². The van der Waals surface area contributed by atoms with Crippen molar-refractivity contribution < 1.29 is 15.0 Å². The van der Waals surface area contributed by atoms with Gasteiger partial charge in [0.05, 0.1) is 5.56 Å². The summed E-state index contributed by atoms with van der Waals surface area (Å²) < 4.78 is 0. The molecule has 0 aliphatic rings. The molecule has 0 radical (unpaired) electrons. The summed E-state index contributed by atoms with van der Waals surface area (Å²) >= 11 is 0. The van der Waals surface area contributed by atoms with E-state index in [2.05, 4.69) is 4.90 Å². The molecule has 1 rings (SSSR count). The lowest BCUT2D eigenvalue weighted by Gasteiger charge is -2.27. The van der Waals surface area contributed by atoms with Crippen molar-refractivity contribution in [2.24, 2.45) is 0 Å². The summed E-state index contributed by atoms with van der Waals surface area (Å²) in [6.45, 7) is 7.76. The quantitative estimate of drug-likeness (QED) is 0.826. The Morgan fingerprint density at radius 1 is 1.35 bits per heavy atom. The molecular weight excluding hydrogens is 218 g/mol. The summed E-state index contributed by atoms with van der Waals surface area (Å²) in [5.74, 6) is -0.826. The Kier molecular flexibility index (Phi) is 4.52. The average molecular weight is 237 g/mol. The standard InChI is InChI=1S/C13H19NO3/c1-4-14(5-2)9(3)11-8-10(13(16)17)6-7-12(11)15/h6-9,15H,4-5H2,1-3H3,(H,16,17). The van der Waals surface area contributed by atoms with Crippen molar-refractivity contribution in [1.29, 1.82) is 0 Å². The maximum absolute atomic E-state index is 10.9. The molecule has 0 fully saturated rings. The Morgan fingerprint density at radius 2 is 1.94 bits per heavy atom. The van der Waals surface area contributed by atoms with Crippen molar-refractivity contribution in [3.8, 4) is 5.75 Å². The fraction of sp³-hybridized carbons (Fsp3) is 0.462. The first-order valence-electron chi connectivity index (χ1n) is 5.81. The van der Waals surface area contributed by atoms with E-state index in [-0.39, 0.29) is 17.4 Å². The minimum Gasteiger partial charge on any atom is -0.508 e. The number of nitrogens with zero attached hydrogens (tertiary/aromatic N) is 1. The maximum Gasteiger partial charge on any atom is 0.335 e. The molecule has 0 amide bonds. The van der Waals surface area contributed by atoms with Crippen LogP contribution in [0.1, 0.15) is 42.7 Å². The van der Waals surface area contributed by atoms with Crippen LogP contribution in [0.2, 0.25) is 0 Å². The van der Waals surface area contributed by atoms with E-state index in [0.717, 1.165) is 13.1 Å². The van der Waals surface area contributed by atoms with E-state index in [1.54, 1.807) is 6.07 Å². The van der Waals surface area contributed by atoms with E-state index < -0.39 is 5.97 Å². The number of benzene rings is 1. The van der Waals surface area contributed by atoms with Crippen LogP contribution >= 0.6 is 0 Å². The molecule has 17 heavy (non-hydrogen) atoms. The summed E-state index contributed by atoms with van der Waals surface area (Å²) in [5.41, 5.74) is 0.866. The molecular formula is C13H19NO3. The average Bonchev–Trinajstić information content (AvgIpc) is 2.30. The Balaban J connectivity index is 3.11. The zero-order valence-corrected chi connectivity index (χ0v) is 10.5. The van der Waals surface area contributed by atoms with Crippen molar-refractivity contribution in [3.05, 3.63) is 29.3 Å². The number of rotatable bonds is 5. The molecule has 94 valence electrons. The van der Waals surface area contributed by atoms with E-state index >= 15 is 0 Å². The third-order valence-electron chi connectivity index (χ3n) is 3.08. The molecule has 0 spiro atoms. The fourth-order valence-electron chi connectivity index (χ4n) is 1.99. The van der Waals surface area contributed by atoms with Crippen molar-refractivity contribution in [1.82, 2.24) is 4.90 Å². The number of phenolic OH excluding ortho intramolecular Hbond substituents is 1. The second-order valence-corrected chi connectivity index (χ2v) is 3.98. The predicted octanol–water partition coefficient (Wildman–Crippen LogP) is 2.49. The number of carbonyl (C=O) groups is 1. The fourth-order valence-corrected chi connectivity index (χ4v) is 1.99. The summed E-state index contributed by atoms with van der Waals surface area (Å²) in [4.78, 5) is 13.1. The first-order chi connectivity index (χ1) is 8.01. The molecule has 0 aromatic heterocycles. The summed E-state index contributed by atoms with van der Waals surface area (Å²) in [6.07, 6.45) is 0. The number of carboxylic acid groups (broad SMARTS) is 1. The maximum atomic E-state index is 10.9. The van der Waals surface area contributed by atoms with E-state index in [1.165, 1.54) is 12.1 Å². The minimum absolute atomic E-state index is 0.00398. The number of hydrogen-bond acceptors (Lipinski definition) is 3. The van der Waals surface area contributed by atoms with Crippen LogP contribution in [0.25, 0.3) is 0 Å². The van der Waals surface area contributed by atoms with Gasteiger partial charge in [-0.3, -0.25) is 4.90 Å². The molecule has 0 aliphatic carbocycles. The molecule has 1 unspecified atom stereocenters. The van der Waals surface area contributed by atoms with Gasteiger partial charge in [-0.05, 0) is 38.2 Å². The normalized spacial score (nSPS) is 12.7. The zero-order valence-electron chi connectivity index (χ0n) is 10.5. The zero-order chi connectivity index (χ0) is 13.0. The van der Waals surface area contributed by atoms with Crippen LogP contribution in [0.15, 0.2) is 18.2 Å². The van der Waals surface area contributed by atoms with E-state index in [4.69, 9.17) is 5.11 Å².